The molecule has 2 aromatic rings. The molecule has 2 fully saturated rings. The summed E-state index contributed by atoms with van der Waals surface area (Å²) in [6, 6.07) is 9.08. The van der Waals surface area contributed by atoms with Crippen molar-refractivity contribution in [2.24, 2.45) is 0 Å². The molecule has 0 unspecified atom stereocenters. The van der Waals surface area contributed by atoms with E-state index in [0.29, 0.717) is 0 Å². The molecule has 1 saturated carbocycles. The molecule has 1 aromatic heterocycles. The van der Waals surface area contributed by atoms with Crippen LogP contribution in [0.1, 0.15) is 42.6 Å². The van der Waals surface area contributed by atoms with Crippen LogP contribution in [0.25, 0.3) is 11.8 Å². The zero-order valence-corrected chi connectivity index (χ0v) is 18.0. The number of rotatable bonds is 3. The monoisotopic (exact) mass is 455 g/mol. The van der Waals surface area contributed by atoms with Gasteiger partial charge in [-0.3, -0.25) is 19.8 Å². The van der Waals surface area contributed by atoms with Crippen molar-refractivity contribution in [3.63, 3.8) is 0 Å². The second kappa shape index (κ2) is 7.63. The van der Waals surface area contributed by atoms with Crippen LogP contribution in [0.3, 0.4) is 0 Å². The first-order valence-electron chi connectivity index (χ1n) is 9.73. The number of imide groups is 2. The third-order valence-electron chi connectivity index (χ3n) is 5.69. The number of urea groups is 1. The van der Waals surface area contributed by atoms with Crippen LogP contribution < -0.4 is 5.32 Å². The van der Waals surface area contributed by atoms with E-state index in [0.717, 1.165) is 52.8 Å². The summed E-state index contributed by atoms with van der Waals surface area (Å²) in [7, 11) is 0. The minimum Gasteiger partial charge on any atom is -0.317 e. The molecular weight excluding hydrogens is 434 g/mol. The van der Waals surface area contributed by atoms with Gasteiger partial charge >= 0.3 is 6.03 Å². The summed E-state index contributed by atoms with van der Waals surface area (Å²) in [6.07, 6.45) is 5.15. The van der Waals surface area contributed by atoms with Crippen LogP contribution in [0.4, 0.5) is 4.79 Å². The first-order valence-corrected chi connectivity index (χ1v) is 10.5. The molecule has 4 amide bonds. The van der Waals surface area contributed by atoms with E-state index in [1.807, 2.05) is 44.2 Å². The standard InChI is InChI=1S/C22H22BrN3O3/c1-13-11-15(14(2)25(13)19-10-6-5-9-18(19)23)12-17-20(27)24-22(29)26(21(17)28)16-7-3-4-8-16/h5-6,9-12,16H,3-4,7-8H2,1-2H3,(H,24,27,29)/b17-12+. The Bertz CT molecular complexity index is 1050. The number of carbonyl (C=O) groups is 3. The predicted molar refractivity (Wildman–Crippen MR) is 114 cm³/mol. The summed E-state index contributed by atoms with van der Waals surface area (Å²) in [6.45, 7) is 3.93. The Morgan fingerprint density at radius 2 is 1.79 bits per heavy atom. The molecule has 2 heterocycles. The summed E-state index contributed by atoms with van der Waals surface area (Å²) >= 11 is 3.58. The zero-order valence-electron chi connectivity index (χ0n) is 16.4. The number of nitrogens with one attached hydrogen (secondary N) is 1. The Balaban J connectivity index is 1.74. The highest BCUT2D eigenvalue weighted by Crippen LogP contribution is 2.30. The molecule has 4 rings (SSSR count). The molecule has 1 saturated heterocycles. The molecule has 1 aromatic carbocycles. The molecule has 1 aliphatic heterocycles. The van der Waals surface area contributed by atoms with Gasteiger partial charge in [0.1, 0.15) is 5.57 Å². The van der Waals surface area contributed by atoms with Crippen LogP contribution in [-0.2, 0) is 9.59 Å². The van der Waals surface area contributed by atoms with Gasteiger partial charge in [0.2, 0.25) is 0 Å². The van der Waals surface area contributed by atoms with Crippen LogP contribution in [0.2, 0.25) is 0 Å². The minimum atomic E-state index is -0.639. The van der Waals surface area contributed by atoms with Crippen LogP contribution >= 0.6 is 15.9 Å². The summed E-state index contributed by atoms with van der Waals surface area (Å²) in [4.78, 5) is 39.0. The van der Waals surface area contributed by atoms with Crippen molar-refractivity contribution >= 4 is 39.9 Å². The van der Waals surface area contributed by atoms with Crippen molar-refractivity contribution in [3.8, 4) is 5.69 Å². The normalized spacial score (nSPS) is 19.3. The lowest BCUT2D eigenvalue weighted by molar-refractivity contribution is -0.131. The molecule has 1 aliphatic carbocycles. The third kappa shape index (κ3) is 3.44. The number of hydrogen-bond acceptors (Lipinski definition) is 3. The third-order valence-corrected chi connectivity index (χ3v) is 6.36. The summed E-state index contributed by atoms with van der Waals surface area (Å²) < 4.78 is 3.02. The molecule has 0 atom stereocenters. The van der Waals surface area contributed by atoms with Crippen molar-refractivity contribution < 1.29 is 14.4 Å². The van der Waals surface area contributed by atoms with Gasteiger partial charge in [0.05, 0.1) is 5.69 Å². The Hall–Kier alpha value is -2.67. The number of aryl methyl sites for hydroxylation is 1. The number of aromatic nitrogens is 1. The highest BCUT2D eigenvalue weighted by molar-refractivity contribution is 9.10. The number of carbonyl (C=O) groups excluding carboxylic acids is 3. The smallest absolute Gasteiger partial charge is 0.317 e. The van der Waals surface area contributed by atoms with Gasteiger partial charge in [0.25, 0.3) is 11.8 Å². The maximum atomic E-state index is 13.0. The molecule has 0 spiro atoms. The Morgan fingerprint density at radius 3 is 2.48 bits per heavy atom. The maximum absolute atomic E-state index is 13.0. The summed E-state index contributed by atoms with van der Waals surface area (Å²) in [5.41, 5.74) is 3.65. The van der Waals surface area contributed by atoms with Gasteiger partial charge in [0, 0.05) is 21.9 Å². The van der Waals surface area contributed by atoms with E-state index in [1.165, 1.54) is 4.90 Å². The zero-order chi connectivity index (χ0) is 20.7. The number of amides is 4. The lowest BCUT2D eigenvalue weighted by atomic mass is 10.1. The fraction of sp³-hybridized carbons (Fsp3) is 0.318. The van der Waals surface area contributed by atoms with Gasteiger partial charge in [-0.2, -0.15) is 0 Å². The van der Waals surface area contributed by atoms with E-state index in [9.17, 15) is 14.4 Å². The molecule has 150 valence electrons. The van der Waals surface area contributed by atoms with Crippen molar-refractivity contribution in [1.29, 1.82) is 0 Å². The van der Waals surface area contributed by atoms with Crippen molar-refractivity contribution in [2.75, 3.05) is 0 Å². The van der Waals surface area contributed by atoms with Crippen molar-refractivity contribution in [2.45, 2.75) is 45.6 Å². The minimum absolute atomic E-state index is 0.00359. The highest BCUT2D eigenvalue weighted by atomic mass is 79.9. The van der Waals surface area contributed by atoms with E-state index in [1.54, 1.807) is 6.08 Å². The lowest BCUT2D eigenvalue weighted by Gasteiger charge is -2.31. The summed E-state index contributed by atoms with van der Waals surface area (Å²) in [5, 5.41) is 2.33. The van der Waals surface area contributed by atoms with Crippen LogP contribution in [0.15, 0.2) is 40.4 Å². The molecule has 7 heteroatoms. The van der Waals surface area contributed by atoms with Crippen molar-refractivity contribution in [1.82, 2.24) is 14.8 Å². The summed E-state index contributed by atoms with van der Waals surface area (Å²) in [5.74, 6) is -1.14. The van der Waals surface area contributed by atoms with Gasteiger partial charge in [-0.25, -0.2) is 4.79 Å². The molecule has 2 aliphatic rings. The second-order valence-corrected chi connectivity index (χ2v) is 8.40. The Labute approximate surface area is 177 Å². The van der Waals surface area contributed by atoms with Crippen LogP contribution in [0, 0.1) is 13.8 Å². The number of para-hydroxylation sites is 1. The maximum Gasteiger partial charge on any atom is 0.331 e. The molecule has 29 heavy (non-hydrogen) atoms. The van der Waals surface area contributed by atoms with E-state index >= 15 is 0 Å². The van der Waals surface area contributed by atoms with Crippen LogP contribution in [0.5, 0.6) is 0 Å². The lowest BCUT2D eigenvalue weighted by Crippen LogP contribution is -2.57. The van der Waals surface area contributed by atoms with E-state index in [4.69, 9.17) is 0 Å². The molecule has 6 nitrogen and oxygen atoms in total. The van der Waals surface area contributed by atoms with E-state index < -0.39 is 17.8 Å². The topological polar surface area (TPSA) is 71.4 Å². The number of nitrogens with zero attached hydrogens (tertiary/aromatic N) is 2. The Kier molecular flexibility index (Phi) is 5.17. The second-order valence-electron chi connectivity index (χ2n) is 7.54. The van der Waals surface area contributed by atoms with Gasteiger partial charge in [-0.15, -0.1) is 0 Å². The van der Waals surface area contributed by atoms with Gasteiger partial charge in [-0.05, 0) is 72.5 Å². The Morgan fingerprint density at radius 1 is 1.10 bits per heavy atom. The van der Waals surface area contributed by atoms with Gasteiger partial charge in [-0.1, -0.05) is 25.0 Å². The molecule has 1 N–H and O–H groups in total. The number of halogens is 1. The first-order chi connectivity index (χ1) is 13.9. The average Bonchev–Trinajstić information content (AvgIpc) is 3.28. The molecule has 0 radical (unpaired) electrons. The fourth-order valence-electron chi connectivity index (χ4n) is 4.26. The number of hydrogen-bond donors (Lipinski definition) is 1. The van der Waals surface area contributed by atoms with Crippen molar-refractivity contribution in [3.05, 3.63) is 57.3 Å². The number of benzene rings is 1. The largest absolute Gasteiger partial charge is 0.331 e. The molecular formula is C22H22BrN3O3. The van der Waals surface area contributed by atoms with E-state index in [-0.39, 0.29) is 11.6 Å². The SMILES string of the molecule is Cc1cc(/C=C2\C(=O)NC(=O)N(C3CCCC3)C2=O)c(C)n1-c1ccccc1Br. The van der Waals surface area contributed by atoms with Gasteiger partial charge < -0.3 is 4.57 Å². The average molecular weight is 456 g/mol. The highest BCUT2D eigenvalue weighted by Gasteiger charge is 2.40. The van der Waals surface area contributed by atoms with E-state index in [2.05, 4.69) is 25.8 Å². The van der Waals surface area contributed by atoms with Crippen LogP contribution in [-0.4, -0.2) is 33.4 Å². The van der Waals surface area contributed by atoms with Gasteiger partial charge in [0.15, 0.2) is 0 Å². The number of barbiturate groups is 1. The quantitative estimate of drug-likeness (QED) is 0.554. The fourth-order valence-corrected chi connectivity index (χ4v) is 4.72. The first kappa shape index (κ1) is 19.6. The predicted octanol–water partition coefficient (Wildman–Crippen LogP) is 4.26. The molecule has 0 bridgehead atoms.